The molecule has 0 aromatic carbocycles. The fourth-order valence-corrected chi connectivity index (χ4v) is 1.51. The third-order valence-electron chi connectivity index (χ3n) is 2.18. The van der Waals surface area contributed by atoms with Crippen LogP contribution in [0.25, 0.3) is 0 Å². The normalized spacial score (nSPS) is 26.8. The molecule has 0 radical (unpaired) electrons. The van der Waals surface area contributed by atoms with Gasteiger partial charge in [0, 0.05) is 12.2 Å². The Labute approximate surface area is 71.3 Å². The van der Waals surface area contributed by atoms with Crippen LogP contribution in [-0.4, -0.2) is 13.2 Å². The van der Waals surface area contributed by atoms with Crippen molar-refractivity contribution in [3.05, 3.63) is 23.6 Å². The van der Waals surface area contributed by atoms with Crippen LogP contribution < -0.4 is 5.32 Å². The molecule has 0 aromatic heterocycles. The lowest BCUT2D eigenvalue weighted by Crippen LogP contribution is -2.30. The minimum Gasteiger partial charge on any atom is -0.497 e. The summed E-state index contributed by atoms with van der Waals surface area (Å²) in [5.74, 6) is 0.110. The van der Waals surface area contributed by atoms with E-state index in [9.17, 15) is 0 Å². The molecule has 62 valence electrons. The topological polar surface area (TPSA) is 45.0 Å². The highest BCUT2D eigenvalue weighted by Gasteiger charge is 2.20. The summed E-state index contributed by atoms with van der Waals surface area (Å²) >= 11 is 0. The van der Waals surface area contributed by atoms with E-state index < -0.39 is 0 Å². The molecule has 0 aliphatic carbocycles. The Morgan fingerprint density at radius 1 is 1.67 bits per heavy atom. The number of allylic oxidation sites excluding steroid dienone is 1. The molecular weight excluding hydrogens is 152 g/mol. The maximum Gasteiger partial charge on any atom is 0.111 e. The first-order valence-electron chi connectivity index (χ1n) is 4.04. The largest absolute Gasteiger partial charge is 0.497 e. The van der Waals surface area contributed by atoms with Crippen LogP contribution in [0.1, 0.15) is 6.42 Å². The molecule has 0 amide bonds. The average Bonchev–Trinajstić information content (AvgIpc) is 2.17. The lowest BCUT2D eigenvalue weighted by molar-refractivity contribution is 0.261. The molecule has 2 aliphatic heterocycles. The Balaban J connectivity index is 2.18. The zero-order chi connectivity index (χ0) is 8.39. The van der Waals surface area contributed by atoms with Crippen LogP contribution in [-0.2, 0) is 4.74 Å². The van der Waals surface area contributed by atoms with E-state index in [-0.39, 0.29) is 5.92 Å². The third kappa shape index (κ3) is 1.16. The number of hydrogen-bond acceptors (Lipinski definition) is 3. The lowest BCUT2D eigenvalue weighted by atomic mass is 9.95. The first-order valence-corrected chi connectivity index (χ1v) is 4.04. The molecule has 2 heterocycles. The van der Waals surface area contributed by atoms with Crippen molar-refractivity contribution in [2.45, 2.75) is 6.42 Å². The molecular formula is C9H10N2O. The molecule has 0 aromatic rings. The highest BCUT2D eigenvalue weighted by molar-refractivity contribution is 5.29. The van der Waals surface area contributed by atoms with E-state index >= 15 is 0 Å². The molecule has 2 aliphatic rings. The van der Waals surface area contributed by atoms with E-state index in [0.29, 0.717) is 6.61 Å². The molecule has 0 spiro atoms. The van der Waals surface area contributed by atoms with E-state index in [0.717, 1.165) is 18.7 Å². The molecule has 0 saturated heterocycles. The Morgan fingerprint density at radius 2 is 2.58 bits per heavy atom. The highest BCUT2D eigenvalue weighted by atomic mass is 16.5. The van der Waals surface area contributed by atoms with Crippen LogP contribution in [0.15, 0.2) is 23.6 Å². The fourth-order valence-electron chi connectivity index (χ4n) is 1.51. The van der Waals surface area contributed by atoms with Crippen LogP contribution in [0.3, 0.4) is 0 Å². The van der Waals surface area contributed by atoms with Crippen LogP contribution >= 0.6 is 0 Å². The predicted molar refractivity (Wildman–Crippen MR) is 43.8 cm³/mol. The van der Waals surface area contributed by atoms with Crippen LogP contribution in [0.4, 0.5) is 0 Å². The van der Waals surface area contributed by atoms with Crippen molar-refractivity contribution in [1.82, 2.24) is 5.32 Å². The van der Waals surface area contributed by atoms with Gasteiger partial charge in [0.25, 0.3) is 0 Å². The Morgan fingerprint density at radius 3 is 3.42 bits per heavy atom. The number of nitriles is 1. The molecule has 2 rings (SSSR count). The number of nitrogens with zero attached hydrogens (tertiary/aromatic N) is 1. The Bertz CT molecular complexity index is 285. The first-order chi connectivity index (χ1) is 5.90. The van der Waals surface area contributed by atoms with E-state index in [2.05, 4.69) is 11.4 Å². The van der Waals surface area contributed by atoms with Gasteiger partial charge in [-0.25, -0.2) is 0 Å². The SMILES string of the molecule is N#CC1CNC2=C(COC=C2)C1. The zero-order valence-corrected chi connectivity index (χ0v) is 6.71. The van der Waals surface area contributed by atoms with Gasteiger partial charge >= 0.3 is 0 Å². The minimum absolute atomic E-state index is 0.110. The molecule has 3 heteroatoms. The van der Waals surface area contributed by atoms with Crippen molar-refractivity contribution in [3.8, 4) is 6.07 Å². The molecule has 0 saturated carbocycles. The van der Waals surface area contributed by atoms with Crippen LogP contribution in [0.2, 0.25) is 0 Å². The van der Waals surface area contributed by atoms with Gasteiger partial charge in [0.1, 0.15) is 6.61 Å². The van der Waals surface area contributed by atoms with E-state index in [1.54, 1.807) is 6.26 Å². The zero-order valence-electron chi connectivity index (χ0n) is 6.71. The highest BCUT2D eigenvalue weighted by Crippen LogP contribution is 2.22. The smallest absolute Gasteiger partial charge is 0.111 e. The monoisotopic (exact) mass is 162 g/mol. The Hall–Kier alpha value is -1.43. The molecule has 0 fully saturated rings. The summed E-state index contributed by atoms with van der Waals surface area (Å²) in [6.07, 6.45) is 4.47. The van der Waals surface area contributed by atoms with Crippen molar-refractivity contribution >= 4 is 0 Å². The maximum absolute atomic E-state index is 8.71. The molecule has 0 bridgehead atoms. The number of hydrogen-bond donors (Lipinski definition) is 1. The molecule has 1 unspecified atom stereocenters. The third-order valence-corrected chi connectivity index (χ3v) is 2.18. The maximum atomic E-state index is 8.71. The van der Waals surface area contributed by atoms with Crippen LogP contribution in [0, 0.1) is 17.2 Å². The van der Waals surface area contributed by atoms with Crippen molar-refractivity contribution in [2.75, 3.05) is 13.2 Å². The van der Waals surface area contributed by atoms with Gasteiger partial charge in [-0.2, -0.15) is 5.26 Å². The number of rotatable bonds is 0. The molecule has 3 nitrogen and oxygen atoms in total. The second-order valence-electron chi connectivity index (χ2n) is 3.04. The predicted octanol–water partition coefficient (Wildman–Crippen LogP) is 0.917. The fraction of sp³-hybridized carbons (Fsp3) is 0.444. The van der Waals surface area contributed by atoms with Gasteiger partial charge in [-0.1, -0.05) is 0 Å². The quantitative estimate of drug-likeness (QED) is 0.576. The lowest BCUT2D eigenvalue weighted by Gasteiger charge is -2.25. The average molecular weight is 162 g/mol. The summed E-state index contributed by atoms with van der Waals surface area (Å²) in [6.45, 7) is 1.40. The van der Waals surface area contributed by atoms with Crippen LogP contribution in [0.5, 0.6) is 0 Å². The molecule has 12 heavy (non-hydrogen) atoms. The Kier molecular flexibility index (Phi) is 1.75. The van der Waals surface area contributed by atoms with Gasteiger partial charge in [0.15, 0.2) is 0 Å². The minimum atomic E-state index is 0.110. The second-order valence-corrected chi connectivity index (χ2v) is 3.04. The molecule has 1 atom stereocenters. The van der Waals surface area contributed by atoms with E-state index in [1.165, 1.54) is 5.57 Å². The summed E-state index contributed by atoms with van der Waals surface area (Å²) in [4.78, 5) is 0. The van der Waals surface area contributed by atoms with Crippen molar-refractivity contribution in [1.29, 1.82) is 5.26 Å². The van der Waals surface area contributed by atoms with Gasteiger partial charge in [-0.05, 0) is 18.1 Å². The van der Waals surface area contributed by atoms with Gasteiger partial charge in [-0.3, -0.25) is 0 Å². The summed E-state index contributed by atoms with van der Waals surface area (Å²) in [5.41, 5.74) is 2.36. The summed E-state index contributed by atoms with van der Waals surface area (Å²) < 4.78 is 5.14. The number of nitrogens with one attached hydrogen (secondary N) is 1. The summed E-state index contributed by atoms with van der Waals surface area (Å²) in [5, 5.41) is 11.9. The first kappa shape index (κ1) is 7.23. The van der Waals surface area contributed by atoms with Gasteiger partial charge in [-0.15, -0.1) is 0 Å². The van der Waals surface area contributed by atoms with E-state index in [1.807, 2.05) is 6.08 Å². The van der Waals surface area contributed by atoms with Crippen molar-refractivity contribution in [2.24, 2.45) is 5.92 Å². The van der Waals surface area contributed by atoms with Crippen molar-refractivity contribution < 1.29 is 4.74 Å². The summed E-state index contributed by atoms with van der Waals surface area (Å²) in [6, 6.07) is 2.26. The van der Waals surface area contributed by atoms with Gasteiger partial charge < -0.3 is 10.1 Å². The van der Waals surface area contributed by atoms with Crippen molar-refractivity contribution in [3.63, 3.8) is 0 Å². The number of ether oxygens (including phenoxy) is 1. The standard InChI is InChI=1S/C9H10N2O/c10-4-7-3-8-6-12-2-1-9(8)11-5-7/h1-2,7,11H,3,5-6H2. The molecule has 1 N–H and O–H groups in total. The van der Waals surface area contributed by atoms with Gasteiger partial charge in [0.05, 0.1) is 18.2 Å². The van der Waals surface area contributed by atoms with Gasteiger partial charge in [0.2, 0.25) is 0 Å². The summed E-state index contributed by atoms with van der Waals surface area (Å²) in [7, 11) is 0. The van der Waals surface area contributed by atoms with E-state index in [4.69, 9.17) is 10.00 Å². The second kappa shape index (κ2) is 2.90.